The van der Waals surface area contributed by atoms with E-state index in [-0.39, 0.29) is 0 Å². The minimum atomic E-state index is -1.10. The predicted octanol–water partition coefficient (Wildman–Crippen LogP) is 0.157. The van der Waals surface area contributed by atoms with Crippen molar-refractivity contribution in [1.29, 1.82) is 0 Å². The number of amides is 2. The highest BCUT2D eigenvalue weighted by Crippen LogP contribution is 2.40. The molecule has 2 aliphatic heterocycles. The molecule has 2 saturated heterocycles. The number of aliphatic carboxylic acids is 1. The van der Waals surface area contributed by atoms with E-state index in [0.717, 1.165) is 0 Å². The molecule has 0 bridgehead atoms. The van der Waals surface area contributed by atoms with Crippen LogP contribution in [-0.2, 0) is 14.4 Å². The van der Waals surface area contributed by atoms with Gasteiger partial charge in [0.1, 0.15) is 17.5 Å². The summed E-state index contributed by atoms with van der Waals surface area (Å²) in [6.07, 6.45) is 0. The van der Waals surface area contributed by atoms with Crippen LogP contribution in [0.25, 0.3) is 0 Å². The number of nitrogens with two attached hydrogens (primary N) is 1. The standard InChI is InChI=1S/C14H15N3O4S2/c1-6-4-23-13-9(12(19)17(13)10(6)14(20)21)16-11(18)8(15)7-2-3-22-5-7/h2-3,5,8-10,13H,1,4,15H2,(H,16,18)(H,20,21)/t8?,9?,10?,13-/m0/s1. The minimum absolute atomic E-state index is 0.396. The fraction of sp³-hybridized carbons (Fsp3) is 0.357. The summed E-state index contributed by atoms with van der Waals surface area (Å²) < 4.78 is 0. The number of hydrogen-bond donors (Lipinski definition) is 3. The second-order valence-corrected chi connectivity index (χ2v) is 7.25. The average Bonchev–Trinajstić information content (AvgIpc) is 3.05. The molecule has 3 rings (SSSR count). The molecule has 2 aliphatic rings. The fourth-order valence-corrected chi connectivity index (χ4v) is 4.68. The molecule has 2 amide bonds. The van der Waals surface area contributed by atoms with Crippen LogP contribution < -0.4 is 11.1 Å². The molecular weight excluding hydrogens is 338 g/mol. The Bertz CT molecular complexity index is 676. The molecule has 122 valence electrons. The third-order valence-corrected chi connectivity index (χ3v) is 5.98. The number of hydrogen-bond acceptors (Lipinski definition) is 6. The molecule has 2 fully saturated rings. The van der Waals surface area contributed by atoms with Crippen molar-refractivity contribution in [1.82, 2.24) is 10.2 Å². The van der Waals surface area contributed by atoms with Crippen LogP contribution in [0.3, 0.4) is 0 Å². The smallest absolute Gasteiger partial charge is 0.330 e. The second-order valence-electron chi connectivity index (χ2n) is 5.37. The lowest BCUT2D eigenvalue weighted by atomic mass is 9.98. The summed E-state index contributed by atoms with van der Waals surface area (Å²) in [4.78, 5) is 37.0. The summed E-state index contributed by atoms with van der Waals surface area (Å²) in [5.74, 6) is -1.53. The lowest BCUT2D eigenvalue weighted by molar-refractivity contribution is -0.160. The van der Waals surface area contributed by atoms with Gasteiger partial charge < -0.3 is 21.1 Å². The van der Waals surface area contributed by atoms with Crippen molar-refractivity contribution in [3.63, 3.8) is 0 Å². The Kier molecular flexibility index (Phi) is 4.17. The molecule has 1 aromatic heterocycles. The minimum Gasteiger partial charge on any atom is -0.479 e. The molecule has 3 unspecified atom stereocenters. The summed E-state index contributed by atoms with van der Waals surface area (Å²) in [6, 6.07) is -0.856. The van der Waals surface area contributed by atoms with Crippen LogP contribution in [0.1, 0.15) is 11.6 Å². The summed E-state index contributed by atoms with van der Waals surface area (Å²) in [6.45, 7) is 3.72. The largest absolute Gasteiger partial charge is 0.479 e. The van der Waals surface area contributed by atoms with Crippen molar-refractivity contribution >= 4 is 40.9 Å². The Balaban J connectivity index is 1.69. The van der Waals surface area contributed by atoms with Crippen LogP contribution in [0, 0.1) is 0 Å². The lowest BCUT2D eigenvalue weighted by Crippen LogP contribution is -2.74. The van der Waals surface area contributed by atoms with Gasteiger partial charge in [0.15, 0.2) is 6.04 Å². The number of nitrogens with zero attached hydrogens (tertiary/aromatic N) is 1. The molecule has 23 heavy (non-hydrogen) atoms. The first kappa shape index (κ1) is 16.0. The highest BCUT2D eigenvalue weighted by molar-refractivity contribution is 8.00. The van der Waals surface area contributed by atoms with Crippen LogP contribution >= 0.6 is 23.1 Å². The number of fused-ring (bicyclic) bond motifs is 1. The molecule has 7 nitrogen and oxygen atoms in total. The van der Waals surface area contributed by atoms with Crippen molar-refractivity contribution in [2.75, 3.05) is 5.75 Å². The first-order valence-corrected chi connectivity index (χ1v) is 8.83. The van der Waals surface area contributed by atoms with E-state index in [2.05, 4.69) is 11.9 Å². The van der Waals surface area contributed by atoms with E-state index < -0.39 is 41.3 Å². The Morgan fingerprint density at radius 2 is 2.26 bits per heavy atom. The zero-order chi connectivity index (χ0) is 16.7. The molecule has 9 heteroatoms. The van der Waals surface area contributed by atoms with Gasteiger partial charge in [-0.25, -0.2) is 4.79 Å². The molecular formula is C14H15N3O4S2. The monoisotopic (exact) mass is 353 g/mol. The first-order chi connectivity index (χ1) is 10.9. The van der Waals surface area contributed by atoms with Gasteiger partial charge in [-0.2, -0.15) is 11.3 Å². The summed E-state index contributed by atoms with van der Waals surface area (Å²) in [7, 11) is 0. The summed E-state index contributed by atoms with van der Waals surface area (Å²) in [5.41, 5.74) is 7.04. The maximum Gasteiger partial charge on any atom is 0.330 e. The number of nitrogens with one attached hydrogen (secondary N) is 1. The molecule has 4 atom stereocenters. The number of thioether (sulfide) groups is 1. The fourth-order valence-electron chi connectivity index (χ4n) is 2.68. The van der Waals surface area contributed by atoms with E-state index in [9.17, 15) is 19.5 Å². The molecule has 0 aliphatic carbocycles. The van der Waals surface area contributed by atoms with Gasteiger partial charge >= 0.3 is 5.97 Å². The normalized spacial score (nSPS) is 27.9. The van der Waals surface area contributed by atoms with E-state index in [1.807, 2.05) is 5.38 Å². The quantitative estimate of drug-likeness (QED) is 0.525. The van der Waals surface area contributed by atoms with Gasteiger partial charge in [0.2, 0.25) is 11.8 Å². The summed E-state index contributed by atoms with van der Waals surface area (Å²) in [5, 5.41) is 15.1. The maximum absolute atomic E-state index is 12.3. The molecule has 0 radical (unpaired) electrons. The van der Waals surface area contributed by atoms with Crippen LogP contribution in [0.15, 0.2) is 29.0 Å². The van der Waals surface area contributed by atoms with Crippen LogP contribution in [0.4, 0.5) is 0 Å². The number of thiophene rings is 1. The van der Waals surface area contributed by atoms with E-state index in [4.69, 9.17) is 5.73 Å². The zero-order valence-electron chi connectivity index (χ0n) is 12.0. The molecule has 0 saturated carbocycles. The van der Waals surface area contributed by atoms with Crippen molar-refractivity contribution in [3.05, 3.63) is 34.5 Å². The summed E-state index contributed by atoms with van der Waals surface area (Å²) >= 11 is 2.83. The Morgan fingerprint density at radius 3 is 2.87 bits per heavy atom. The average molecular weight is 353 g/mol. The molecule has 1 aromatic rings. The third-order valence-electron chi connectivity index (χ3n) is 3.90. The number of carbonyl (C=O) groups is 3. The van der Waals surface area contributed by atoms with Gasteiger partial charge in [-0.05, 0) is 28.0 Å². The second kappa shape index (κ2) is 5.99. The van der Waals surface area contributed by atoms with Gasteiger partial charge in [0, 0.05) is 5.75 Å². The van der Waals surface area contributed by atoms with Gasteiger partial charge in [-0.1, -0.05) is 6.58 Å². The van der Waals surface area contributed by atoms with Gasteiger partial charge in [0.25, 0.3) is 0 Å². The molecule has 4 N–H and O–H groups in total. The number of β-lactam (4-membered cyclic amide) rings is 1. The molecule has 0 spiro atoms. The van der Waals surface area contributed by atoms with Gasteiger partial charge in [-0.3, -0.25) is 9.59 Å². The van der Waals surface area contributed by atoms with Crippen LogP contribution in [0.5, 0.6) is 0 Å². The van der Waals surface area contributed by atoms with Gasteiger partial charge in [0.05, 0.1) is 0 Å². The van der Waals surface area contributed by atoms with E-state index in [1.165, 1.54) is 28.0 Å². The number of carboxylic acid groups (broad SMARTS) is 1. The highest BCUT2D eigenvalue weighted by Gasteiger charge is 2.56. The van der Waals surface area contributed by atoms with Crippen molar-refractivity contribution in [3.8, 4) is 0 Å². The Morgan fingerprint density at radius 1 is 1.52 bits per heavy atom. The third kappa shape index (κ3) is 2.64. The molecule has 0 aromatic carbocycles. The first-order valence-electron chi connectivity index (χ1n) is 6.84. The van der Waals surface area contributed by atoms with E-state index >= 15 is 0 Å². The maximum atomic E-state index is 12.3. The predicted molar refractivity (Wildman–Crippen MR) is 86.8 cm³/mol. The Hall–Kier alpha value is -1.84. The van der Waals surface area contributed by atoms with Crippen molar-refractivity contribution in [2.24, 2.45) is 5.73 Å². The van der Waals surface area contributed by atoms with Crippen molar-refractivity contribution in [2.45, 2.75) is 23.5 Å². The lowest BCUT2D eigenvalue weighted by Gasteiger charge is -2.52. The SMILES string of the molecule is C=C1CS[C@H]2C(NC(=O)C(N)c3ccsc3)C(=O)N2C1C(=O)O. The molecule has 3 heterocycles. The van der Waals surface area contributed by atoms with Gasteiger partial charge in [-0.15, -0.1) is 11.8 Å². The Labute approximate surface area is 140 Å². The van der Waals surface area contributed by atoms with Crippen LogP contribution in [0.2, 0.25) is 0 Å². The number of carbonyl (C=O) groups excluding carboxylic acids is 2. The topological polar surface area (TPSA) is 113 Å². The highest BCUT2D eigenvalue weighted by atomic mass is 32.2. The van der Waals surface area contributed by atoms with Crippen LogP contribution in [-0.4, -0.2) is 51.0 Å². The van der Waals surface area contributed by atoms with Crippen molar-refractivity contribution < 1.29 is 19.5 Å². The van der Waals surface area contributed by atoms with E-state index in [1.54, 1.807) is 11.4 Å². The number of carboxylic acids is 1. The zero-order valence-corrected chi connectivity index (χ0v) is 13.6. The number of rotatable bonds is 4. The van der Waals surface area contributed by atoms with E-state index in [0.29, 0.717) is 16.9 Å².